The van der Waals surface area contributed by atoms with Crippen molar-refractivity contribution in [2.45, 2.75) is 83.7 Å². The van der Waals surface area contributed by atoms with E-state index in [0.717, 1.165) is 32.1 Å². The SMILES string of the molecule is C=C(C)C(=O)O[Si](OC(=O)C(=C)C)(C(C)CC)C1(C)CCCCC1. The Bertz CT molecular complexity index is 489. The van der Waals surface area contributed by atoms with Crippen molar-refractivity contribution in [3.8, 4) is 0 Å². The van der Waals surface area contributed by atoms with Crippen LogP contribution in [0.15, 0.2) is 24.3 Å². The van der Waals surface area contributed by atoms with Gasteiger partial charge in [0, 0.05) is 21.7 Å². The van der Waals surface area contributed by atoms with Crippen LogP contribution < -0.4 is 0 Å². The first-order valence-electron chi connectivity index (χ1n) is 8.87. The molecule has 0 aromatic heterocycles. The first-order valence-corrected chi connectivity index (χ1v) is 10.8. The van der Waals surface area contributed by atoms with Gasteiger partial charge in [0.1, 0.15) is 0 Å². The fourth-order valence-corrected chi connectivity index (χ4v) is 8.08. The van der Waals surface area contributed by atoms with E-state index in [0.29, 0.717) is 11.1 Å². The van der Waals surface area contributed by atoms with Gasteiger partial charge >= 0.3 is 20.5 Å². The van der Waals surface area contributed by atoms with Crippen molar-refractivity contribution in [3.05, 3.63) is 24.3 Å². The average Bonchev–Trinajstić information content (AvgIpc) is 2.53. The third kappa shape index (κ3) is 4.18. The van der Waals surface area contributed by atoms with Crippen LogP contribution in [0.3, 0.4) is 0 Å². The van der Waals surface area contributed by atoms with Crippen LogP contribution in [-0.4, -0.2) is 20.5 Å². The Morgan fingerprint density at radius 2 is 1.46 bits per heavy atom. The van der Waals surface area contributed by atoms with E-state index >= 15 is 0 Å². The number of hydrogen-bond donors (Lipinski definition) is 0. The Morgan fingerprint density at radius 3 is 1.79 bits per heavy atom. The second-order valence-electron chi connectivity index (χ2n) is 7.44. The van der Waals surface area contributed by atoms with Gasteiger partial charge in [-0.05, 0) is 33.1 Å². The minimum atomic E-state index is -3.19. The Kier molecular flexibility index (Phi) is 7.02. The monoisotopic (exact) mass is 352 g/mol. The van der Waals surface area contributed by atoms with Gasteiger partial charge in [-0.3, -0.25) is 0 Å². The summed E-state index contributed by atoms with van der Waals surface area (Å²) in [5.41, 5.74) is 0.675. The summed E-state index contributed by atoms with van der Waals surface area (Å²) in [6, 6.07) is 0. The molecule has 0 saturated heterocycles. The zero-order valence-corrected chi connectivity index (χ0v) is 16.9. The van der Waals surface area contributed by atoms with E-state index in [1.807, 2.05) is 13.8 Å². The van der Waals surface area contributed by atoms with E-state index in [1.54, 1.807) is 13.8 Å². The Morgan fingerprint density at radius 1 is 1.04 bits per heavy atom. The quantitative estimate of drug-likeness (QED) is 0.467. The summed E-state index contributed by atoms with van der Waals surface area (Å²) >= 11 is 0. The zero-order chi connectivity index (χ0) is 18.5. The van der Waals surface area contributed by atoms with Gasteiger partial charge in [0.05, 0.1) is 0 Å². The Labute approximate surface area is 147 Å². The lowest BCUT2D eigenvalue weighted by Gasteiger charge is -2.48. The minimum absolute atomic E-state index is 0.00667. The zero-order valence-electron chi connectivity index (χ0n) is 15.9. The molecule has 1 rings (SSSR count). The maximum Gasteiger partial charge on any atom is 0.473 e. The predicted molar refractivity (Wildman–Crippen MR) is 98.7 cm³/mol. The fourth-order valence-electron chi connectivity index (χ4n) is 3.46. The lowest BCUT2D eigenvalue weighted by molar-refractivity contribution is -0.138. The second kappa shape index (κ2) is 8.14. The molecule has 0 radical (unpaired) electrons. The van der Waals surface area contributed by atoms with Gasteiger partial charge in [0.15, 0.2) is 0 Å². The minimum Gasteiger partial charge on any atom is -0.481 e. The molecule has 0 aromatic carbocycles. The van der Waals surface area contributed by atoms with Gasteiger partial charge in [-0.25, -0.2) is 9.59 Å². The molecule has 0 amide bonds. The predicted octanol–water partition coefficient (Wildman–Crippen LogP) is 5.19. The van der Waals surface area contributed by atoms with Crippen LogP contribution in [-0.2, 0) is 18.4 Å². The topological polar surface area (TPSA) is 52.6 Å². The molecule has 0 heterocycles. The molecule has 1 atom stereocenters. The molecule has 1 fully saturated rings. The van der Waals surface area contributed by atoms with E-state index in [1.165, 1.54) is 6.42 Å². The van der Waals surface area contributed by atoms with Crippen molar-refractivity contribution < 1.29 is 18.4 Å². The van der Waals surface area contributed by atoms with Crippen LogP contribution in [0.2, 0.25) is 10.6 Å². The molecule has 4 nitrogen and oxygen atoms in total. The summed E-state index contributed by atoms with van der Waals surface area (Å²) in [7, 11) is -3.19. The van der Waals surface area contributed by atoms with Crippen molar-refractivity contribution in [3.63, 3.8) is 0 Å². The Hall–Kier alpha value is -1.36. The molecule has 0 bridgehead atoms. The third-order valence-corrected chi connectivity index (χ3v) is 10.1. The molecule has 24 heavy (non-hydrogen) atoms. The highest BCUT2D eigenvalue weighted by molar-refractivity contribution is 6.75. The summed E-state index contributed by atoms with van der Waals surface area (Å²) in [5.74, 6) is -0.911. The van der Waals surface area contributed by atoms with E-state index in [9.17, 15) is 9.59 Å². The maximum atomic E-state index is 12.4. The first-order chi connectivity index (χ1) is 11.1. The highest BCUT2D eigenvalue weighted by Gasteiger charge is 2.63. The number of hydrogen-bond acceptors (Lipinski definition) is 4. The van der Waals surface area contributed by atoms with Gasteiger partial charge in [0.25, 0.3) is 0 Å². The summed E-state index contributed by atoms with van der Waals surface area (Å²) < 4.78 is 12.1. The van der Waals surface area contributed by atoms with Crippen LogP contribution in [0.25, 0.3) is 0 Å². The fraction of sp³-hybridized carbons (Fsp3) is 0.684. The molecule has 1 unspecified atom stereocenters. The van der Waals surface area contributed by atoms with Crippen molar-refractivity contribution in [1.29, 1.82) is 0 Å². The lowest BCUT2D eigenvalue weighted by Crippen LogP contribution is -2.58. The molecule has 1 aliphatic carbocycles. The standard InChI is InChI=1S/C19H32O4Si/c1-8-16(6)24(22-17(20)14(2)3,23-18(21)15(4)5)19(7)12-10-9-11-13-19/h16H,2,4,8-13H2,1,3,5-7H3. The highest BCUT2D eigenvalue weighted by Crippen LogP contribution is 2.56. The van der Waals surface area contributed by atoms with Gasteiger partial charge < -0.3 is 8.85 Å². The molecule has 0 aliphatic heterocycles. The molecule has 136 valence electrons. The van der Waals surface area contributed by atoms with Crippen molar-refractivity contribution in [2.75, 3.05) is 0 Å². The number of carbonyl (C=O) groups is 2. The van der Waals surface area contributed by atoms with Gasteiger partial charge in [-0.1, -0.05) is 53.2 Å². The normalized spacial score (nSPS) is 18.4. The molecule has 0 aromatic rings. The van der Waals surface area contributed by atoms with Gasteiger partial charge in [0.2, 0.25) is 0 Å². The maximum absolute atomic E-state index is 12.4. The smallest absolute Gasteiger partial charge is 0.473 e. The van der Waals surface area contributed by atoms with E-state index in [4.69, 9.17) is 8.85 Å². The first kappa shape index (κ1) is 20.7. The van der Waals surface area contributed by atoms with Crippen molar-refractivity contribution >= 4 is 20.5 Å². The van der Waals surface area contributed by atoms with E-state index < -0.39 is 20.5 Å². The van der Waals surface area contributed by atoms with Crippen LogP contribution in [0.1, 0.15) is 73.1 Å². The van der Waals surface area contributed by atoms with Crippen LogP contribution >= 0.6 is 0 Å². The molecule has 0 spiro atoms. The summed E-state index contributed by atoms with van der Waals surface area (Å²) in [5, 5.41) is -0.281. The van der Waals surface area contributed by atoms with E-state index in [2.05, 4.69) is 20.1 Å². The largest absolute Gasteiger partial charge is 0.481 e. The van der Waals surface area contributed by atoms with Crippen LogP contribution in [0.5, 0.6) is 0 Å². The average molecular weight is 353 g/mol. The van der Waals surface area contributed by atoms with E-state index in [-0.39, 0.29) is 10.6 Å². The lowest BCUT2D eigenvalue weighted by atomic mass is 9.90. The van der Waals surface area contributed by atoms with Crippen molar-refractivity contribution in [2.24, 2.45) is 0 Å². The third-order valence-electron chi connectivity index (χ3n) is 5.25. The molecule has 5 heteroatoms. The number of carbonyl (C=O) groups excluding carboxylic acids is 2. The number of rotatable bonds is 7. The summed E-state index contributed by atoms with van der Waals surface area (Å²) in [4.78, 5) is 24.8. The van der Waals surface area contributed by atoms with Gasteiger partial charge in [-0.15, -0.1) is 0 Å². The van der Waals surface area contributed by atoms with Crippen molar-refractivity contribution in [1.82, 2.24) is 0 Å². The molecule has 1 saturated carbocycles. The second-order valence-corrected chi connectivity index (χ2v) is 11.4. The van der Waals surface area contributed by atoms with Crippen LogP contribution in [0, 0.1) is 0 Å². The Balaban J connectivity index is 3.41. The summed E-state index contributed by atoms with van der Waals surface area (Å²) in [6.07, 6.45) is 5.92. The van der Waals surface area contributed by atoms with Crippen LogP contribution in [0.4, 0.5) is 0 Å². The molecular formula is C19H32O4Si. The molecule has 0 N–H and O–H groups in total. The highest BCUT2D eigenvalue weighted by atomic mass is 28.4. The molecule has 1 aliphatic rings. The molecular weight excluding hydrogens is 320 g/mol. The summed E-state index contributed by atoms with van der Waals surface area (Å²) in [6.45, 7) is 16.8. The van der Waals surface area contributed by atoms with Gasteiger partial charge in [-0.2, -0.15) is 0 Å².